The van der Waals surface area contributed by atoms with Gasteiger partial charge in [0.2, 0.25) is 0 Å². The van der Waals surface area contributed by atoms with E-state index in [-0.39, 0.29) is 17.5 Å². The van der Waals surface area contributed by atoms with Crippen molar-refractivity contribution in [3.05, 3.63) is 64.9 Å². The second-order valence-electron chi connectivity index (χ2n) is 6.13. The molecule has 1 N–H and O–H groups in total. The summed E-state index contributed by atoms with van der Waals surface area (Å²) in [5, 5.41) is 4.26. The number of aromatic nitrogens is 3. The first-order valence-electron chi connectivity index (χ1n) is 8.28. The number of hydrogen-bond acceptors (Lipinski definition) is 4. The van der Waals surface area contributed by atoms with E-state index in [9.17, 15) is 9.59 Å². The van der Waals surface area contributed by atoms with Crippen LogP contribution < -0.4 is 5.56 Å². The summed E-state index contributed by atoms with van der Waals surface area (Å²) >= 11 is 0. The Morgan fingerprint density at radius 1 is 1.28 bits per heavy atom. The Morgan fingerprint density at radius 2 is 2.20 bits per heavy atom. The smallest absolute Gasteiger partial charge is 0.261 e. The van der Waals surface area contributed by atoms with Gasteiger partial charge in [0.1, 0.15) is 11.3 Å². The van der Waals surface area contributed by atoms with Crippen molar-refractivity contribution in [2.24, 2.45) is 0 Å². The first-order valence-corrected chi connectivity index (χ1v) is 8.28. The molecule has 1 atom stereocenters. The van der Waals surface area contributed by atoms with E-state index in [1.165, 1.54) is 6.26 Å². The summed E-state index contributed by atoms with van der Waals surface area (Å²) in [7, 11) is 0. The Balaban J connectivity index is 1.55. The summed E-state index contributed by atoms with van der Waals surface area (Å²) in [6.07, 6.45) is 7.04. The predicted octanol–water partition coefficient (Wildman–Crippen LogP) is 2.31. The van der Waals surface area contributed by atoms with Crippen LogP contribution in [-0.4, -0.2) is 38.7 Å². The number of nitrogens with one attached hydrogen (secondary N) is 1. The summed E-state index contributed by atoms with van der Waals surface area (Å²) in [6, 6.07) is 8.79. The van der Waals surface area contributed by atoms with Crippen LogP contribution in [0.5, 0.6) is 0 Å². The number of likely N-dealkylation sites (tertiary alicyclic amines) is 1. The molecule has 4 heterocycles. The third-order valence-corrected chi connectivity index (χ3v) is 4.51. The van der Waals surface area contributed by atoms with E-state index in [1.807, 2.05) is 16.9 Å². The zero-order chi connectivity index (χ0) is 17.2. The molecule has 0 unspecified atom stereocenters. The molecule has 4 rings (SSSR count). The molecule has 0 aromatic carbocycles. The largest absolute Gasteiger partial charge is 0.463 e. The lowest BCUT2D eigenvalue weighted by Gasteiger charge is -2.32. The van der Waals surface area contributed by atoms with Crippen LogP contribution in [0, 0.1) is 0 Å². The molecule has 0 spiro atoms. The van der Waals surface area contributed by atoms with Crippen molar-refractivity contribution < 1.29 is 9.21 Å². The summed E-state index contributed by atoms with van der Waals surface area (Å²) in [4.78, 5) is 29.6. The highest BCUT2D eigenvalue weighted by Crippen LogP contribution is 2.22. The van der Waals surface area contributed by atoms with E-state index < -0.39 is 5.56 Å². The lowest BCUT2D eigenvalue weighted by atomic mass is 10.0. The van der Waals surface area contributed by atoms with Crippen LogP contribution in [0.3, 0.4) is 0 Å². The van der Waals surface area contributed by atoms with E-state index in [1.54, 1.807) is 35.4 Å². The first-order chi connectivity index (χ1) is 12.2. The van der Waals surface area contributed by atoms with Gasteiger partial charge >= 0.3 is 0 Å². The van der Waals surface area contributed by atoms with Gasteiger partial charge in [0.25, 0.3) is 11.5 Å². The standard InChI is InChI=1S/C18H18N4O3/c23-17-14(6-7-15(20-17)16-5-2-11-25-16)18(24)21-9-1-4-13(12-21)22-10-3-8-19-22/h2-3,5-8,10-11,13H,1,4,9,12H2,(H,20,23)/t13-/m0/s1. The van der Waals surface area contributed by atoms with Gasteiger partial charge in [0, 0.05) is 25.5 Å². The zero-order valence-electron chi connectivity index (χ0n) is 13.6. The maximum atomic E-state index is 12.8. The van der Waals surface area contributed by atoms with Crippen molar-refractivity contribution in [1.29, 1.82) is 0 Å². The van der Waals surface area contributed by atoms with E-state index in [2.05, 4.69) is 10.1 Å². The zero-order valence-corrected chi connectivity index (χ0v) is 13.6. The molecule has 1 amide bonds. The second kappa shape index (κ2) is 6.43. The first kappa shape index (κ1) is 15.4. The van der Waals surface area contributed by atoms with E-state index in [0.29, 0.717) is 24.5 Å². The summed E-state index contributed by atoms with van der Waals surface area (Å²) in [6.45, 7) is 1.20. The third kappa shape index (κ3) is 3.00. The Kier molecular flexibility index (Phi) is 3.97. The van der Waals surface area contributed by atoms with Gasteiger partial charge in [0.15, 0.2) is 0 Å². The number of aromatic amines is 1. The predicted molar refractivity (Wildman–Crippen MR) is 91.2 cm³/mol. The van der Waals surface area contributed by atoms with Gasteiger partial charge in [-0.05, 0) is 43.2 Å². The number of hydrogen-bond donors (Lipinski definition) is 1. The number of rotatable bonds is 3. The van der Waals surface area contributed by atoms with E-state index >= 15 is 0 Å². The molecule has 1 aliphatic rings. The topological polar surface area (TPSA) is 84.1 Å². The summed E-state index contributed by atoms with van der Waals surface area (Å²) in [5.74, 6) is 0.317. The van der Waals surface area contributed by atoms with Crippen molar-refractivity contribution in [2.45, 2.75) is 18.9 Å². The fraction of sp³-hybridized carbons (Fsp3) is 0.278. The fourth-order valence-corrected chi connectivity index (χ4v) is 3.24. The number of pyridine rings is 1. The van der Waals surface area contributed by atoms with Gasteiger partial charge in [-0.1, -0.05) is 0 Å². The molecular formula is C18H18N4O3. The number of carbonyl (C=O) groups is 1. The number of furan rings is 1. The molecule has 1 saturated heterocycles. The number of carbonyl (C=O) groups excluding carboxylic acids is 1. The van der Waals surface area contributed by atoms with Gasteiger partial charge in [-0.25, -0.2) is 0 Å². The van der Waals surface area contributed by atoms with Crippen LogP contribution in [-0.2, 0) is 0 Å². The lowest BCUT2D eigenvalue weighted by molar-refractivity contribution is 0.0671. The Labute approximate surface area is 143 Å². The van der Waals surface area contributed by atoms with Crippen molar-refractivity contribution in [3.8, 4) is 11.5 Å². The van der Waals surface area contributed by atoms with E-state index in [0.717, 1.165) is 12.8 Å². The molecule has 3 aromatic rings. The molecule has 0 radical (unpaired) electrons. The second-order valence-corrected chi connectivity index (χ2v) is 6.13. The van der Waals surface area contributed by atoms with Gasteiger partial charge < -0.3 is 14.3 Å². The molecule has 3 aromatic heterocycles. The average molecular weight is 338 g/mol. The quantitative estimate of drug-likeness (QED) is 0.794. The Hall–Kier alpha value is -3.09. The molecule has 1 aliphatic heterocycles. The van der Waals surface area contributed by atoms with Crippen LogP contribution in [0.15, 0.2) is 58.2 Å². The van der Waals surface area contributed by atoms with Crippen LogP contribution in [0.4, 0.5) is 0 Å². The van der Waals surface area contributed by atoms with Crippen LogP contribution in [0.25, 0.3) is 11.5 Å². The molecule has 0 saturated carbocycles. The Bertz CT molecular complexity index is 912. The third-order valence-electron chi connectivity index (χ3n) is 4.51. The number of H-pyrrole nitrogens is 1. The summed E-state index contributed by atoms with van der Waals surface area (Å²) < 4.78 is 7.15. The van der Waals surface area contributed by atoms with Crippen LogP contribution >= 0.6 is 0 Å². The van der Waals surface area contributed by atoms with Crippen LogP contribution in [0.2, 0.25) is 0 Å². The van der Waals surface area contributed by atoms with Gasteiger partial charge in [-0.3, -0.25) is 14.3 Å². The molecular weight excluding hydrogens is 320 g/mol. The van der Waals surface area contributed by atoms with Crippen molar-refractivity contribution in [2.75, 3.05) is 13.1 Å². The molecule has 0 aliphatic carbocycles. The summed E-state index contributed by atoms with van der Waals surface area (Å²) in [5.41, 5.74) is 0.302. The maximum Gasteiger partial charge on any atom is 0.261 e. The highest BCUT2D eigenvalue weighted by molar-refractivity contribution is 5.94. The fourth-order valence-electron chi connectivity index (χ4n) is 3.24. The average Bonchev–Trinajstić information content (AvgIpc) is 3.35. The van der Waals surface area contributed by atoms with Crippen LogP contribution in [0.1, 0.15) is 29.2 Å². The Morgan fingerprint density at radius 3 is 2.92 bits per heavy atom. The number of amides is 1. The molecule has 25 heavy (non-hydrogen) atoms. The highest BCUT2D eigenvalue weighted by Gasteiger charge is 2.27. The van der Waals surface area contributed by atoms with Gasteiger partial charge in [0.05, 0.1) is 18.0 Å². The van der Waals surface area contributed by atoms with Crippen molar-refractivity contribution in [1.82, 2.24) is 19.7 Å². The number of nitrogens with zero attached hydrogens (tertiary/aromatic N) is 3. The maximum absolute atomic E-state index is 12.8. The molecule has 7 nitrogen and oxygen atoms in total. The molecule has 7 heteroatoms. The van der Waals surface area contributed by atoms with Crippen molar-refractivity contribution in [3.63, 3.8) is 0 Å². The number of piperidine rings is 1. The molecule has 0 bridgehead atoms. The lowest BCUT2D eigenvalue weighted by Crippen LogP contribution is -2.42. The van der Waals surface area contributed by atoms with Crippen molar-refractivity contribution >= 4 is 5.91 Å². The normalized spacial score (nSPS) is 17.6. The monoisotopic (exact) mass is 338 g/mol. The SMILES string of the molecule is O=C(c1ccc(-c2ccco2)[nH]c1=O)N1CCC[C@H](n2cccn2)C1. The molecule has 128 valence electrons. The molecule has 1 fully saturated rings. The van der Waals surface area contributed by atoms with Gasteiger partial charge in [-0.2, -0.15) is 5.10 Å². The van der Waals surface area contributed by atoms with Gasteiger partial charge in [-0.15, -0.1) is 0 Å². The van der Waals surface area contributed by atoms with E-state index in [4.69, 9.17) is 4.42 Å². The highest BCUT2D eigenvalue weighted by atomic mass is 16.3. The minimum Gasteiger partial charge on any atom is -0.463 e. The minimum atomic E-state index is -0.403. The minimum absolute atomic E-state index is 0.147.